The van der Waals surface area contributed by atoms with E-state index in [4.69, 9.17) is 11.6 Å². The largest absolute Gasteiger partial charge is 0.338 e. The zero-order valence-electron chi connectivity index (χ0n) is 16.6. The van der Waals surface area contributed by atoms with Crippen molar-refractivity contribution in [1.82, 2.24) is 19.5 Å². The van der Waals surface area contributed by atoms with Crippen LogP contribution in [0.1, 0.15) is 24.3 Å². The van der Waals surface area contributed by atoms with Crippen LogP contribution in [-0.2, 0) is 0 Å². The average molecular weight is 423 g/mol. The monoisotopic (exact) mass is 422 g/mol. The molecule has 0 aliphatic carbocycles. The maximum absolute atomic E-state index is 13.4. The summed E-state index contributed by atoms with van der Waals surface area (Å²) >= 11 is 6.00. The molecule has 0 spiro atoms. The molecule has 0 N–H and O–H groups in total. The summed E-state index contributed by atoms with van der Waals surface area (Å²) in [6, 6.07) is 16.9. The fraction of sp³-hybridized carbons (Fsp3) is 0.174. The van der Waals surface area contributed by atoms with Gasteiger partial charge in [-0.05, 0) is 56.3 Å². The van der Waals surface area contributed by atoms with Gasteiger partial charge in [0.15, 0.2) is 5.65 Å². The predicted octanol–water partition coefficient (Wildman–Crippen LogP) is 5.34. The molecule has 0 atom stereocenters. The molecule has 1 amide bonds. The van der Waals surface area contributed by atoms with Gasteiger partial charge in [0.2, 0.25) is 0 Å². The highest BCUT2D eigenvalue weighted by Gasteiger charge is 2.20. The minimum Gasteiger partial charge on any atom is -0.338 e. The summed E-state index contributed by atoms with van der Waals surface area (Å²) in [5.41, 5.74) is 3.81. The maximum Gasteiger partial charge on any atom is 0.272 e. The minimum absolute atomic E-state index is 0.137. The Hall–Kier alpha value is -3.25. The van der Waals surface area contributed by atoms with Crippen molar-refractivity contribution in [3.8, 4) is 22.5 Å². The van der Waals surface area contributed by atoms with Crippen LogP contribution in [-0.4, -0.2) is 38.5 Å². The molecule has 2 heterocycles. The third-order valence-electron chi connectivity index (χ3n) is 4.98. The molecule has 152 valence electrons. The number of hydrogen-bond acceptors (Lipinski definition) is 3. The second-order valence-corrected chi connectivity index (χ2v) is 7.25. The molecule has 0 fully saturated rings. The summed E-state index contributed by atoms with van der Waals surface area (Å²) in [5.74, 6) is -0.463. The summed E-state index contributed by atoms with van der Waals surface area (Å²) in [7, 11) is 0. The summed E-state index contributed by atoms with van der Waals surface area (Å²) in [5, 5.41) is 5.27. The van der Waals surface area contributed by atoms with Crippen LogP contribution in [0.5, 0.6) is 0 Å². The van der Waals surface area contributed by atoms with Crippen LogP contribution in [0.2, 0.25) is 5.02 Å². The Labute approximate surface area is 178 Å². The van der Waals surface area contributed by atoms with Crippen molar-refractivity contribution in [3.05, 3.63) is 77.2 Å². The van der Waals surface area contributed by atoms with Crippen LogP contribution >= 0.6 is 11.6 Å². The van der Waals surface area contributed by atoms with Crippen LogP contribution in [0.15, 0.2) is 60.7 Å². The summed E-state index contributed by atoms with van der Waals surface area (Å²) in [6.07, 6.45) is 0. The Morgan fingerprint density at radius 3 is 2.20 bits per heavy atom. The fourth-order valence-corrected chi connectivity index (χ4v) is 3.46. The van der Waals surface area contributed by atoms with Gasteiger partial charge in [0.05, 0.1) is 11.4 Å². The molecule has 4 aromatic rings. The molecule has 4 rings (SSSR count). The molecule has 0 unspecified atom stereocenters. The van der Waals surface area contributed by atoms with E-state index in [0.29, 0.717) is 40.8 Å². The smallest absolute Gasteiger partial charge is 0.272 e. The van der Waals surface area contributed by atoms with E-state index in [0.717, 1.165) is 11.1 Å². The highest BCUT2D eigenvalue weighted by atomic mass is 35.5. The Morgan fingerprint density at radius 2 is 1.57 bits per heavy atom. The number of carbonyl (C=O) groups excluding carboxylic acids is 1. The summed E-state index contributed by atoms with van der Waals surface area (Å²) in [4.78, 5) is 19.6. The standard InChI is InChI=1S/C23H20ClFN4O/c1-3-28(4-2)23(30)21-13-19(15-7-11-18(25)12-8-15)26-22-14-20(27-29(21)22)16-5-9-17(24)10-6-16/h5-14H,3-4H2,1-2H3. The number of rotatable bonds is 5. The van der Waals surface area contributed by atoms with Gasteiger partial charge in [-0.3, -0.25) is 4.79 Å². The Morgan fingerprint density at radius 1 is 0.967 bits per heavy atom. The highest BCUT2D eigenvalue weighted by Crippen LogP contribution is 2.25. The lowest BCUT2D eigenvalue weighted by atomic mass is 10.1. The van der Waals surface area contributed by atoms with E-state index in [1.807, 2.05) is 32.0 Å². The minimum atomic E-state index is -0.325. The van der Waals surface area contributed by atoms with Crippen LogP contribution in [0.3, 0.4) is 0 Å². The molecular weight excluding hydrogens is 403 g/mol. The van der Waals surface area contributed by atoms with Gasteiger partial charge in [-0.25, -0.2) is 13.9 Å². The molecular formula is C23H20ClFN4O. The van der Waals surface area contributed by atoms with Crippen LogP contribution in [0.25, 0.3) is 28.2 Å². The molecule has 0 radical (unpaired) electrons. The molecule has 0 bridgehead atoms. The second-order valence-electron chi connectivity index (χ2n) is 6.82. The Bertz CT molecular complexity index is 1200. The lowest BCUT2D eigenvalue weighted by Gasteiger charge is -2.19. The fourth-order valence-electron chi connectivity index (χ4n) is 3.33. The number of halogens is 2. The lowest BCUT2D eigenvalue weighted by molar-refractivity contribution is 0.0764. The van der Waals surface area contributed by atoms with Gasteiger partial charge in [-0.2, -0.15) is 5.10 Å². The number of fused-ring (bicyclic) bond motifs is 1. The Kier molecular flexibility index (Phi) is 5.50. The first-order valence-corrected chi connectivity index (χ1v) is 10.1. The van der Waals surface area contributed by atoms with Crippen molar-refractivity contribution >= 4 is 23.2 Å². The second kappa shape index (κ2) is 8.24. The van der Waals surface area contributed by atoms with Gasteiger partial charge in [0, 0.05) is 35.3 Å². The van der Waals surface area contributed by atoms with Crippen molar-refractivity contribution in [1.29, 1.82) is 0 Å². The topological polar surface area (TPSA) is 50.5 Å². The highest BCUT2D eigenvalue weighted by molar-refractivity contribution is 6.30. The SMILES string of the molecule is CCN(CC)C(=O)c1cc(-c2ccc(F)cc2)nc2cc(-c3ccc(Cl)cc3)nn12. The van der Waals surface area contributed by atoms with Gasteiger partial charge in [-0.15, -0.1) is 0 Å². The van der Waals surface area contributed by atoms with Crippen molar-refractivity contribution in [3.63, 3.8) is 0 Å². The molecule has 0 aliphatic rings. The number of carbonyl (C=O) groups is 1. The molecule has 2 aromatic heterocycles. The molecule has 30 heavy (non-hydrogen) atoms. The normalized spacial score (nSPS) is 11.1. The number of aromatic nitrogens is 3. The zero-order chi connectivity index (χ0) is 21.3. The third kappa shape index (κ3) is 3.78. The third-order valence-corrected chi connectivity index (χ3v) is 5.23. The van der Waals surface area contributed by atoms with Gasteiger partial charge < -0.3 is 4.90 Å². The van der Waals surface area contributed by atoms with Gasteiger partial charge in [0.1, 0.15) is 11.5 Å². The van der Waals surface area contributed by atoms with Crippen LogP contribution < -0.4 is 0 Å². The number of hydrogen-bond donors (Lipinski definition) is 0. The molecule has 7 heteroatoms. The van der Waals surface area contributed by atoms with E-state index in [2.05, 4.69) is 10.1 Å². The van der Waals surface area contributed by atoms with E-state index >= 15 is 0 Å². The molecule has 5 nitrogen and oxygen atoms in total. The number of benzene rings is 2. The van der Waals surface area contributed by atoms with Gasteiger partial charge in [-0.1, -0.05) is 23.7 Å². The maximum atomic E-state index is 13.4. The van der Waals surface area contributed by atoms with E-state index in [1.165, 1.54) is 12.1 Å². The average Bonchev–Trinajstić information content (AvgIpc) is 3.19. The molecule has 0 saturated heterocycles. The lowest BCUT2D eigenvalue weighted by Crippen LogP contribution is -2.32. The van der Waals surface area contributed by atoms with E-state index in [9.17, 15) is 9.18 Å². The summed E-state index contributed by atoms with van der Waals surface area (Å²) in [6.45, 7) is 5.03. The van der Waals surface area contributed by atoms with E-state index in [-0.39, 0.29) is 11.7 Å². The predicted molar refractivity (Wildman–Crippen MR) is 116 cm³/mol. The number of amides is 1. The van der Waals surface area contributed by atoms with Crippen molar-refractivity contribution in [2.75, 3.05) is 13.1 Å². The van der Waals surface area contributed by atoms with E-state index in [1.54, 1.807) is 39.7 Å². The number of nitrogens with zero attached hydrogens (tertiary/aromatic N) is 4. The molecule has 0 aliphatic heterocycles. The van der Waals surface area contributed by atoms with Crippen LogP contribution in [0, 0.1) is 5.82 Å². The Balaban J connectivity index is 1.91. The quantitative estimate of drug-likeness (QED) is 0.436. The summed E-state index contributed by atoms with van der Waals surface area (Å²) < 4.78 is 14.9. The van der Waals surface area contributed by atoms with Crippen molar-refractivity contribution in [2.24, 2.45) is 0 Å². The first-order chi connectivity index (χ1) is 14.5. The van der Waals surface area contributed by atoms with Crippen molar-refractivity contribution < 1.29 is 9.18 Å². The van der Waals surface area contributed by atoms with Crippen molar-refractivity contribution in [2.45, 2.75) is 13.8 Å². The zero-order valence-corrected chi connectivity index (χ0v) is 17.4. The first kappa shape index (κ1) is 20.0. The first-order valence-electron chi connectivity index (χ1n) is 9.72. The van der Waals surface area contributed by atoms with Gasteiger partial charge >= 0.3 is 0 Å². The van der Waals surface area contributed by atoms with E-state index < -0.39 is 0 Å². The van der Waals surface area contributed by atoms with Gasteiger partial charge in [0.25, 0.3) is 5.91 Å². The molecule has 0 saturated carbocycles. The molecule has 2 aromatic carbocycles. The van der Waals surface area contributed by atoms with Crippen LogP contribution in [0.4, 0.5) is 4.39 Å².